The Bertz CT molecular complexity index is 849. The number of methoxy groups -OCH3 is 1. The van der Waals surface area contributed by atoms with Crippen molar-refractivity contribution in [2.45, 2.75) is 6.92 Å². The van der Waals surface area contributed by atoms with Crippen LogP contribution in [-0.4, -0.2) is 30.7 Å². The molecule has 0 spiro atoms. The van der Waals surface area contributed by atoms with Crippen molar-refractivity contribution >= 4 is 66.8 Å². The van der Waals surface area contributed by atoms with Crippen LogP contribution in [0.25, 0.3) is 0 Å². The Morgan fingerprint density at radius 3 is 2.41 bits per heavy atom. The third-order valence-corrected chi connectivity index (χ3v) is 4.61. The normalized spacial score (nSPS) is 10.1. The highest BCUT2D eigenvalue weighted by Crippen LogP contribution is 2.32. The van der Waals surface area contributed by atoms with E-state index in [-0.39, 0.29) is 11.7 Å². The first-order chi connectivity index (χ1) is 12.8. The summed E-state index contributed by atoms with van der Waals surface area (Å²) in [6.07, 6.45) is 0. The molecule has 0 saturated heterocycles. The standard InChI is InChI=1S/C18H16Br2N2O4S/c1-10-7-12(19)8-14(20)16(10)26-9-15(23)22-18(27)21-13-5-3-11(4-6-13)17(24)25-2/h3-8H,9H2,1-2H3,(H2,21,22,23,27). The Hall–Kier alpha value is -1.97. The van der Waals surface area contributed by atoms with Crippen molar-refractivity contribution in [3.05, 3.63) is 56.5 Å². The van der Waals surface area contributed by atoms with Crippen molar-refractivity contribution in [2.24, 2.45) is 0 Å². The van der Waals surface area contributed by atoms with Crippen LogP contribution in [0.2, 0.25) is 0 Å². The molecule has 9 heteroatoms. The number of anilines is 1. The Labute approximate surface area is 178 Å². The van der Waals surface area contributed by atoms with Gasteiger partial charge in [0, 0.05) is 10.2 Å². The molecule has 2 rings (SSSR count). The predicted molar refractivity (Wildman–Crippen MR) is 114 cm³/mol. The lowest BCUT2D eigenvalue weighted by atomic mass is 10.2. The van der Waals surface area contributed by atoms with E-state index >= 15 is 0 Å². The molecule has 2 aromatic carbocycles. The van der Waals surface area contributed by atoms with Crippen LogP contribution in [0, 0.1) is 6.92 Å². The van der Waals surface area contributed by atoms with Gasteiger partial charge >= 0.3 is 5.97 Å². The van der Waals surface area contributed by atoms with Crippen LogP contribution in [0.3, 0.4) is 0 Å². The van der Waals surface area contributed by atoms with E-state index < -0.39 is 11.9 Å². The van der Waals surface area contributed by atoms with Crippen LogP contribution in [0.4, 0.5) is 5.69 Å². The molecule has 0 fully saturated rings. The SMILES string of the molecule is COC(=O)c1ccc(NC(=S)NC(=O)COc2c(C)cc(Br)cc2Br)cc1. The molecule has 0 aliphatic rings. The number of esters is 1. The van der Waals surface area contributed by atoms with Gasteiger partial charge in [-0.2, -0.15) is 0 Å². The molecule has 6 nitrogen and oxygen atoms in total. The van der Waals surface area contributed by atoms with Gasteiger partial charge < -0.3 is 14.8 Å². The number of rotatable bonds is 5. The van der Waals surface area contributed by atoms with Gasteiger partial charge in [-0.05, 0) is 77.0 Å². The lowest BCUT2D eigenvalue weighted by Crippen LogP contribution is -2.37. The van der Waals surface area contributed by atoms with Gasteiger partial charge in [0.1, 0.15) is 5.75 Å². The monoisotopic (exact) mass is 514 g/mol. The van der Waals surface area contributed by atoms with Crippen LogP contribution in [0.15, 0.2) is 45.3 Å². The molecule has 0 heterocycles. The summed E-state index contributed by atoms with van der Waals surface area (Å²) in [7, 11) is 1.32. The zero-order valence-corrected chi connectivity index (χ0v) is 18.5. The number of amides is 1. The maximum Gasteiger partial charge on any atom is 0.337 e. The fourth-order valence-electron chi connectivity index (χ4n) is 2.14. The minimum Gasteiger partial charge on any atom is -0.482 e. The fourth-order valence-corrected chi connectivity index (χ4v) is 3.93. The van der Waals surface area contributed by atoms with E-state index in [1.807, 2.05) is 19.1 Å². The smallest absolute Gasteiger partial charge is 0.337 e. The Balaban J connectivity index is 1.87. The number of nitrogens with one attached hydrogen (secondary N) is 2. The molecule has 0 saturated carbocycles. The second-order valence-corrected chi connectivity index (χ2v) is 7.57. The first kappa shape index (κ1) is 21.3. The minimum absolute atomic E-state index is 0.126. The highest BCUT2D eigenvalue weighted by Gasteiger charge is 2.11. The summed E-state index contributed by atoms with van der Waals surface area (Å²) in [6.45, 7) is 1.69. The lowest BCUT2D eigenvalue weighted by molar-refractivity contribution is -0.121. The van der Waals surface area contributed by atoms with Crippen molar-refractivity contribution in [1.29, 1.82) is 0 Å². The van der Waals surface area contributed by atoms with E-state index in [4.69, 9.17) is 17.0 Å². The number of halogens is 2. The van der Waals surface area contributed by atoms with Gasteiger partial charge in [-0.1, -0.05) is 15.9 Å². The minimum atomic E-state index is -0.427. The number of hydrogen-bond acceptors (Lipinski definition) is 5. The number of ether oxygens (including phenoxy) is 2. The van der Waals surface area contributed by atoms with E-state index in [2.05, 4.69) is 47.2 Å². The summed E-state index contributed by atoms with van der Waals surface area (Å²) in [6, 6.07) is 10.2. The highest BCUT2D eigenvalue weighted by molar-refractivity contribution is 9.11. The number of benzene rings is 2. The van der Waals surface area contributed by atoms with Gasteiger partial charge in [-0.25, -0.2) is 4.79 Å². The molecule has 142 valence electrons. The predicted octanol–water partition coefficient (Wildman–Crippen LogP) is 4.20. The number of carbonyl (C=O) groups excluding carboxylic acids is 2. The third kappa shape index (κ3) is 6.30. The highest BCUT2D eigenvalue weighted by atomic mass is 79.9. The number of aryl methyl sites for hydroxylation is 1. The number of thiocarbonyl (C=S) groups is 1. The summed E-state index contributed by atoms with van der Waals surface area (Å²) in [5.41, 5.74) is 1.93. The molecular formula is C18H16Br2N2O4S. The molecule has 0 radical (unpaired) electrons. The first-order valence-electron chi connectivity index (χ1n) is 7.68. The summed E-state index contributed by atoms with van der Waals surface area (Å²) in [4.78, 5) is 23.4. The van der Waals surface area contributed by atoms with Crippen molar-refractivity contribution in [2.75, 3.05) is 19.0 Å². The van der Waals surface area contributed by atoms with E-state index in [1.54, 1.807) is 24.3 Å². The van der Waals surface area contributed by atoms with E-state index in [0.29, 0.717) is 17.0 Å². The lowest BCUT2D eigenvalue weighted by Gasteiger charge is -2.13. The molecule has 0 aliphatic carbocycles. The Morgan fingerprint density at radius 1 is 1.15 bits per heavy atom. The average molecular weight is 516 g/mol. The molecule has 1 amide bonds. The molecule has 2 aromatic rings. The maximum atomic E-state index is 12.0. The summed E-state index contributed by atoms with van der Waals surface area (Å²) >= 11 is 11.9. The van der Waals surface area contributed by atoms with Crippen molar-refractivity contribution in [3.8, 4) is 5.75 Å². The van der Waals surface area contributed by atoms with Gasteiger partial charge in [0.25, 0.3) is 5.91 Å². The Morgan fingerprint density at radius 2 is 1.81 bits per heavy atom. The van der Waals surface area contributed by atoms with E-state index in [1.165, 1.54) is 7.11 Å². The molecule has 0 bridgehead atoms. The largest absolute Gasteiger partial charge is 0.482 e. The van der Waals surface area contributed by atoms with Gasteiger partial charge in [-0.3, -0.25) is 10.1 Å². The van der Waals surface area contributed by atoms with Crippen LogP contribution in [-0.2, 0) is 9.53 Å². The zero-order valence-electron chi connectivity index (χ0n) is 14.5. The van der Waals surface area contributed by atoms with Crippen LogP contribution in [0.1, 0.15) is 15.9 Å². The fraction of sp³-hybridized carbons (Fsp3) is 0.167. The molecule has 27 heavy (non-hydrogen) atoms. The molecule has 0 unspecified atom stereocenters. The third-order valence-electron chi connectivity index (χ3n) is 3.36. The van der Waals surface area contributed by atoms with Gasteiger partial charge in [-0.15, -0.1) is 0 Å². The van der Waals surface area contributed by atoms with Gasteiger partial charge in [0.2, 0.25) is 0 Å². The van der Waals surface area contributed by atoms with Crippen molar-refractivity contribution in [1.82, 2.24) is 5.32 Å². The summed E-state index contributed by atoms with van der Waals surface area (Å²) in [5.74, 6) is -0.234. The Kier molecular flexibility index (Phi) is 7.76. The second-order valence-electron chi connectivity index (χ2n) is 5.39. The van der Waals surface area contributed by atoms with Gasteiger partial charge in [0.05, 0.1) is 17.1 Å². The molecule has 0 aromatic heterocycles. The quantitative estimate of drug-likeness (QED) is 0.459. The second kappa shape index (κ2) is 9.82. The topological polar surface area (TPSA) is 76.7 Å². The van der Waals surface area contributed by atoms with Crippen LogP contribution < -0.4 is 15.4 Å². The van der Waals surface area contributed by atoms with Crippen molar-refractivity contribution < 1.29 is 19.1 Å². The number of carbonyl (C=O) groups is 2. The van der Waals surface area contributed by atoms with Crippen LogP contribution in [0.5, 0.6) is 5.75 Å². The number of hydrogen-bond donors (Lipinski definition) is 2. The maximum absolute atomic E-state index is 12.0. The zero-order chi connectivity index (χ0) is 20.0. The first-order valence-corrected chi connectivity index (χ1v) is 9.67. The average Bonchev–Trinajstić information content (AvgIpc) is 2.60. The molecular weight excluding hydrogens is 500 g/mol. The van der Waals surface area contributed by atoms with Crippen molar-refractivity contribution in [3.63, 3.8) is 0 Å². The molecule has 0 atom stereocenters. The molecule has 0 aliphatic heterocycles. The van der Waals surface area contributed by atoms with Gasteiger partial charge in [0.15, 0.2) is 11.7 Å². The van der Waals surface area contributed by atoms with E-state index in [9.17, 15) is 9.59 Å². The summed E-state index contributed by atoms with van der Waals surface area (Å²) < 4.78 is 11.9. The van der Waals surface area contributed by atoms with E-state index in [0.717, 1.165) is 14.5 Å². The van der Waals surface area contributed by atoms with Crippen LogP contribution >= 0.6 is 44.1 Å². The molecule has 2 N–H and O–H groups in total. The summed E-state index contributed by atoms with van der Waals surface area (Å²) in [5, 5.41) is 5.53.